The molecule has 72 valence electrons. The fourth-order valence-corrected chi connectivity index (χ4v) is 1.77. The van der Waals surface area contributed by atoms with Gasteiger partial charge in [-0.15, -0.1) is 0 Å². The summed E-state index contributed by atoms with van der Waals surface area (Å²) >= 11 is 3.31. The molecule has 0 radical (unpaired) electrons. The van der Waals surface area contributed by atoms with Crippen LogP contribution in [-0.4, -0.2) is 16.1 Å². The number of carbonyl (C=O) groups is 1. The quantitative estimate of drug-likeness (QED) is 0.683. The number of aromatic nitrogens is 1. The van der Waals surface area contributed by atoms with E-state index in [1.165, 1.54) is 6.07 Å². The predicted molar refractivity (Wildman–Crippen MR) is 57.4 cm³/mol. The maximum absolute atomic E-state index is 10.7. The lowest BCUT2D eigenvalue weighted by Crippen LogP contribution is -1.94. The van der Waals surface area contributed by atoms with Crippen molar-refractivity contribution >= 4 is 38.5 Å². The summed E-state index contributed by atoms with van der Waals surface area (Å²) in [6, 6.07) is 5.03. The van der Waals surface area contributed by atoms with Gasteiger partial charge in [-0.25, -0.2) is 4.79 Å². The van der Waals surface area contributed by atoms with Gasteiger partial charge in [0.25, 0.3) is 0 Å². The van der Waals surface area contributed by atoms with Crippen molar-refractivity contribution in [2.45, 2.75) is 0 Å². The number of halogens is 1. The van der Waals surface area contributed by atoms with E-state index in [0.717, 1.165) is 9.86 Å². The molecule has 0 bridgehead atoms. The van der Waals surface area contributed by atoms with Crippen LogP contribution in [0.3, 0.4) is 0 Å². The van der Waals surface area contributed by atoms with Gasteiger partial charge in [0.05, 0.1) is 5.52 Å². The topological polar surface area (TPSA) is 79.1 Å². The standard InChI is InChI=1S/C9H7BrN2O2/c10-5-1-2-6(11)4-3-7(9(13)14)12-8(4)5/h1-3,12H,11H2,(H,13,14). The summed E-state index contributed by atoms with van der Waals surface area (Å²) in [5, 5.41) is 9.50. The molecule has 0 spiro atoms. The molecule has 0 saturated heterocycles. The van der Waals surface area contributed by atoms with E-state index in [2.05, 4.69) is 20.9 Å². The zero-order valence-corrected chi connectivity index (χ0v) is 8.63. The molecule has 14 heavy (non-hydrogen) atoms. The molecular formula is C9H7BrN2O2. The molecule has 0 unspecified atom stereocenters. The Balaban J connectivity index is 2.82. The highest BCUT2D eigenvalue weighted by atomic mass is 79.9. The number of nitrogens with two attached hydrogens (primary N) is 1. The van der Waals surface area contributed by atoms with Crippen molar-refractivity contribution in [1.82, 2.24) is 4.98 Å². The first-order valence-corrected chi connectivity index (χ1v) is 4.69. The minimum atomic E-state index is -0.993. The van der Waals surface area contributed by atoms with Crippen molar-refractivity contribution in [3.63, 3.8) is 0 Å². The van der Waals surface area contributed by atoms with Gasteiger partial charge in [-0.3, -0.25) is 0 Å². The number of hydrogen-bond acceptors (Lipinski definition) is 2. The van der Waals surface area contributed by atoms with Gasteiger partial charge >= 0.3 is 5.97 Å². The number of H-pyrrole nitrogens is 1. The second-order valence-corrected chi connectivity index (χ2v) is 3.77. The maximum Gasteiger partial charge on any atom is 0.352 e. The van der Waals surface area contributed by atoms with Gasteiger partial charge < -0.3 is 15.8 Å². The Morgan fingerprint density at radius 2 is 2.21 bits per heavy atom. The SMILES string of the molecule is Nc1ccc(Br)c2[nH]c(C(=O)O)cc12. The number of hydrogen-bond donors (Lipinski definition) is 3. The Kier molecular flexibility index (Phi) is 1.96. The maximum atomic E-state index is 10.7. The zero-order valence-electron chi connectivity index (χ0n) is 7.04. The van der Waals surface area contributed by atoms with Crippen LogP contribution >= 0.6 is 15.9 Å². The summed E-state index contributed by atoms with van der Waals surface area (Å²) in [5.74, 6) is -0.993. The number of anilines is 1. The Bertz CT molecular complexity index is 480. The number of carboxylic acids is 1. The molecule has 1 aromatic carbocycles. The monoisotopic (exact) mass is 254 g/mol. The first-order chi connectivity index (χ1) is 6.59. The molecule has 1 heterocycles. The fraction of sp³-hybridized carbons (Fsp3) is 0. The number of carboxylic acid groups (broad SMARTS) is 1. The van der Waals surface area contributed by atoms with Crippen LogP contribution in [0.4, 0.5) is 5.69 Å². The van der Waals surface area contributed by atoms with Gasteiger partial charge in [0.2, 0.25) is 0 Å². The molecule has 0 saturated carbocycles. The van der Waals surface area contributed by atoms with E-state index >= 15 is 0 Å². The van der Waals surface area contributed by atoms with Crippen molar-refractivity contribution in [2.24, 2.45) is 0 Å². The molecule has 0 fully saturated rings. The summed E-state index contributed by atoms with van der Waals surface area (Å²) < 4.78 is 0.800. The Hall–Kier alpha value is -1.49. The minimum absolute atomic E-state index is 0.138. The van der Waals surface area contributed by atoms with E-state index in [9.17, 15) is 4.79 Å². The number of nitrogens with one attached hydrogen (secondary N) is 1. The summed E-state index contributed by atoms with van der Waals surface area (Å²) in [4.78, 5) is 13.5. The van der Waals surface area contributed by atoms with Crippen molar-refractivity contribution in [3.05, 3.63) is 28.4 Å². The van der Waals surface area contributed by atoms with Crippen molar-refractivity contribution < 1.29 is 9.90 Å². The van der Waals surface area contributed by atoms with Crippen LogP contribution in [0.15, 0.2) is 22.7 Å². The van der Waals surface area contributed by atoms with Gasteiger partial charge in [0, 0.05) is 15.5 Å². The summed E-state index contributed by atoms with van der Waals surface area (Å²) in [6.45, 7) is 0. The van der Waals surface area contributed by atoms with E-state index in [4.69, 9.17) is 10.8 Å². The van der Waals surface area contributed by atoms with Crippen LogP contribution in [-0.2, 0) is 0 Å². The predicted octanol–water partition coefficient (Wildman–Crippen LogP) is 2.21. The minimum Gasteiger partial charge on any atom is -0.477 e. The first-order valence-electron chi connectivity index (χ1n) is 3.89. The molecule has 0 aliphatic heterocycles. The Morgan fingerprint density at radius 1 is 1.50 bits per heavy atom. The van der Waals surface area contributed by atoms with E-state index in [1.807, 2.05) is 0 Å². The zero-order chi connectivity index (χ0) is 10.3. The molecule has 1 aromatic heterocycles. The highest BCUT2D eigenvalue weighted by Crippen LogP contribution is 2.28. The number of fused-ring (bicyclic) bond motifs is 1. The molecule has 2 aromatic rings. The van der Waals surface area contributed by atoms with E-state index in [1.54, 1.807) is 12.1 Å². The third-order valence-corrected chi connectivity index (χ3v) is 2.67. The van der Waals surface area contributed by atoms with Gasteiger partial charge in [-0.2, -0.15) is 0 Å². The smallest absolute Gasteiger partial charge is 0.352 e. The van der Waals surface area contributed by atoms with Crippen LogP contribution in [0.2, 0.25) is 0 Å². The number of rotatable bonds is 1. The molecule has 4 N–H and O–H groups in total. The van der Waals surface area contributed by atoms with Crippen LogP contribution in [0, 0.1) is 0 Å². The van der Waals surface area contributed by atoms with Crippen molar-refractivity contribution in [3.8, 4) is 0 Å². The average molecular weight is 255 g/mol. The number of benzene rings is 1. The largest absolute Gasteiger partial charge is 0.477 e. The molecule has 0 aliphatic carbocycles. The molecule has 4 nitrogen and oxygen atoms in total. The molecule has 5 heteroatoms. The third kappa shape index (κ3) is 1.26. The van der Waals surface area contributed by atoms with Crippen LogP contribution in [0.25, 0.3) is 10.9 Å². The van der Waals surface area contributed by atoms with Crippen LogP contribution in [0.5, 0.6) is 0 Å². The summed E-state index contributed by atoms with van der Waals surface area (Å²) in [7, 11) is 0. The molecular weight excluding hydrogens is 248 g/mol. The molecule has 0 amide bonds. The lowest BCUT2D eigenvalue weighted by atomic mass is 10.2. The second-order valence-electron chi connectivity index (χ2n) is 2.91. The number of nitrogen functional groups attached to an aromatic ring is 1. The normalized spacial score (nSPS) is 10.6. The molecule has 0 aliphatic rings. The summed E-state index contributed by atoms with van der Waals surface area (Å²) in [6.07, 6.45) is 0. The summed E-state index contributed by atoms with van der Waals surface area (Å²) in [5.41, 5.74) is 7.11. The lowest BCUT2D eigenvalue weighted by Gasteiger charge is -1.96. The third-order valence-electron chi connectivity index (χ3n) is 2.01. The number of aromatic carboxylic acids is 1. The van der Waals surface area contributed by atoms with Gasteiger partial charge in [-0.05, 0) is 34.1 Å². The molecule has 2 rings (SSSR count). The number of aromatic amines is 1. The highest BCUT2D eigenvalue weighted by molar-refractivity contribution is 9.10. The highest BCUT2D eigenvalue weighted by Gasteiger charge is 2.10. The Morgan fingerprint density at radius 3 is 2.79 bits per heavy atom. The van der Waals surface area contributed by atoms with Crippen molar-refractivity contribution in [1.29, 1.82) is 0 Å². The van der Waals surface area contributed by atoms with Gasteiger partial charge in [0.15, 0.2) is 0 Å². The van der Waals surface area contributed by atoms with Crippen LogP contribution in [0.1, 0.15) is 10.5 Å². The second kappa shape index (κ2) is 3.02. The first kappa shape index (κ1) is 9.08. The van der Waals surface area contributed by atoms with E-state index in [-0.39, 0.29) is 5.69 Å². The van der Waals surface area contributed by atoms with E-state index in [0.29, 0.717) is 11.2 Å². The lowest BCUT2D eigenvalue weighted by molar-refractivity contribution is 0.0691. The van der Waals surface area contributed by atoms with Gasteiger partial charge in [-0.1, -0.05) is 0 Å². The van der Waals surface area contributed by atoms with E-state index < -0.39 is 5.97 Å². The van der Waals surface area contributed by atoms with Crippen LogP contribution < -0.4 is 5.73 Å². The molecule has 0 atom stereocenters. The average Bonchev–Trinajstić information content (AvgIpc) is 2.57. The van der Waals surface area contributed by atoms with Crippen molar-refractivity contribution in [2.75, 3.05) is 5.73 Å². The van der Waals surface area contributed by atoms with Gasteiger partial charge in [0.1, 0.15) is 5.69 Å². The fourth-order valence-electron chi connectivity index (χ4n) is 1.32. The Labute approximate surface area is 87.9 Å².